The Morgan fingerprint density at radius 3 is 2.35 bits per heavy atom. The minimum atomic E-state index is -0.241. The number of hydrogen-bond acceptors (Lipinski definition) is 3. The van der Waals surface area contributed by atoms with Crippen molar-refractivity contribution < 1.29 is 9.59 Å². The van der Waals surface area contributed by atoms with Gasteiger partial charge in [-0.05, 0) is 61.4 Å². The first kappa shape index (κ1) is 21.7. The number of rotatable bonds is 4. The van der Waals surface area contributed by atoms with Crippen molar-refractivity contribution in [2.75, 3.05) is 23.7 Å². The van der Waals surface area contributed by atoms with E-state index in [1.807, 2.05) is 85.9 Å². The third-order valence-corrected chi connectivity index (χ3v) is 6.30. The second-order valence-electron chi connectivity index (χ2n) is 8.63. The maximum absolute atomic E-state index is 12.9. The van der Waals surface area contributed by atoms with E-state index in [4.69, 9.17) is 4.98 Å². The molecule has 1 aliphatic heterocycles. The van der Waals surface area contributed by atoms with E-state index in [0.29, 0.717) is 13.1 Å². The lowest BCUT2D eigenvalue weighted by Crippen LogP contribution is -2.45. The van der Waals surface area contributed by atoms with Crippen LogP contribution >= 0.6 is 0 Å². The smallest absolute Gasteiger partial charge is 0.321 e. The Morgan fingerprint density at radius 2 is 1.59 bits per heavy atom. The third-order valence-electron chi connectivity index (χ3n) is 6.30. The molecule has 34 heavy (non-hydrogen) atoms. The summed E-state index contributed by atoms with van der Waals surface area (Å²) in [4.78, 5) is 32.0. The van der Waals surface area contributed by atoms with E-state index in [0.717, 1.165) is 46.6 Å². The number of amides is 3. The van der Waals surface area contributed by atoms with Gasteiger partial charge in [0.15, 0.2) is 0 Å². The molecule has 4 aromatic rings. The van der Waals surface area contributed by atoms with Gasteiger partial charge in [0.05, 0.1) is 17.0 Å². The molecule has 2 heterocycles. The minimum Gasteiger partial charge on any atom is -0.327 e. The van der Waals surface area contributed by atoms with Crippen molar-refractivity contribution in [3.63, 3.8) is 0 Å². The van der Waals surface area contributed by atoms with Crippen molar-refractivity contribution in [1.82, 2.24) is 14.5 Å². The van der Waals surface area contributed by atoms with Crippen molar-refractivity contribution in [3.8, 4) is 11.4 Å². The van der Waals surface area contributed by atoms with E-state index in [-0.39, 0.29) is 17.9 Å². The zero-order chi connectivity index (χ0) is 23.5. The zero-order valence-corrected chi connectivity index (χ0v) is 19.1. The number of imidazole rings is 1. The lowest BCUT2D eigenvalue weighted by Gasteiger charge is -2.32. The third kappa shape index (κ3) is 4.50. The van der Waals surface area contributed by atoms with E-state index in [1.54, 1.807) is 4.90 Å². The number of carbonyl (C=O) groups excluding carboxylic acids is 2. The van der Waals surface area contributed by atoms with E-state index < -0.39 is 0 Å². The molecule has 1 fully saturated rings. The number of nitrogens with one attached hydrogen (secondary N) is 2. The Bertz CT molecular complexity index is 1310. The summed E-state index contributed by atoms with van der Waals surface area (Å²) in [7, 11) is 2.00. The van der Waals surface area contributed by atoms with Crippen LogP contribution in [0.1, 0.15) is 12.8 Å². The number of carbonyl (C=O) groups is 2. The highest BCUT2D eigenvalue weighted by Crippen LogP contribution is 2.25. The molecule has 1 aromatic heterocycles. The van der Waals surface area contributed by atoms with Crippen LogP contribution in [-0.2, 0) is 11.8 Å². The summed E-state index contributed by atoms with van der Waals surface area (Å²) in [6, 6.07) is 25.0. The minimum absolute atomic E-state index is 0.0623. The number of aromatic nitrogens is 2. The lowest BCUT2D eigenvalue weighted by atomic mass is 9.97. The molecule has 0 saturated carbocycles. The molecule has 7 nitrogen and oxygen atoms in total. The number of para-hydroxylation sites is 3. The van der Waals surface area contributed by atoms with Crippen LogP contribution < -0.4 is 10.6 Å². The van der Waals surface area contributed by atoms with Crippen LogP contribution in [0, 0.1) is 5.92 Å². The fraction of sp³-hybridized carbons (Fsp3) is 0.222. The van der Waals surface area contributed by atoms with Crippen molar-refractivity contribution in [3.05, 3.63) is 78.9 Å². The van der Waals surface area contributed by atoms with Gasteiger partial charge in [0.25, 0.3) is 0 Å². The van der Waals surface area contributed by atoms with E-state index in [1.165, 1.54) is 0 Å². The van der Waals surface area contributed by atoms with E-state index in [2.05, 4.69) is 15.2 Å². The number of aryl methyl sites for hydroxylation is 1. The van der Waals surface area contributed by atoms with Gasteiger partial charge in [0.1, 0.15) is 5.82 Å². The van der Waals surface area contributed by atoms with Gasteiger partial charge < -0.3 is 20.1 Å². The van der Waals surface area contributed by atoms with Gasteiger partial charge in [-0.3, -0.25) is 4.79 Å². The summed E-state index contributed by atoms with van der Waals surface area (Å²) in [5, 5.41) is 5.92. The lowest BCUT2D eigenvalue weighted by molar-refractivity contribution is -0.121. The molecule has 7 heteroatoms. The number of piperidine rings is 1. The van der Waals surface area contributed by atoms with Crippen LogP contribution in [0.5, 0.6) is 0 Å². The molecule has 3 amide bonds. The summed E-state index contributed by atoms with van der Waals surface area (Å²) >= 11 is 0. The molecule has 172 valence electrons. The summed E-state index contributed by atoms with van der Waals surface area (Å²) in [5.74, 6) is 0.578. The molecule has 0 radical (unpaired) electrons. The first-order valence-corrected chi connectivity index (χ1v) is 11.5. The fourth-order valence-electron chi connectivity index (χ4n) is 4.45. The predicted molar refractivity (Wildman–Crippen MR) is 135 cm³/mol. The van der Waals surface area contributed by atoms with Crippen LogP contribution in [0.15, 0.2) is 78.9 Å². The number of likely N-dealkylation sites (tertiary alicyclic amines) is 1. The van der Waals surface area contributed by atoms with E-state index >= 15 is 0 Å². The van der Waals surface area contributed by atoms with Gasteiger partial charge in [0.2, 0.25) is 5.91 Å². The van der Waals surface area contributed by atoms with E-state index in [9.17, 15) is 9.59 Å². The predicted octanol–water partition coefficient (Wildman–Crippen LogP) is 5.12. The second kappa shape index (κ2) is 9.39. The SMILES string of the molecule is Cn1c(-c2ccc(NC(=O)C3CCCN(C(=O)Nc4ccccc4)C3)cc2)nc2ccccc21. The molecule has 1 atom stereocenters. The van der Waals surface area contributed by atoms with Crippen molar-refractivity contribution >= 4 is 34.3 Å². The number of nitrogens with zero attached hydrogens (tertiary/aromatic N) is 3. The Hall–Kier alpha value is -4.13. The van der Waals surface area contributed by atoms with Gasteiger partial charge in [-0.15, -0.1) is 0 Å². The monoisotopic (exact) mass is 453 g/mol. The number of benzene rings is 3. The Kier molecular flexibility index (Phi) is 5.99. The molecule has 3 aromatic carbocycles. The van der Waals surface area contributed by atoms with Crippen LogP contribution in [-0.4, -0.2) is 39.5 Å². The molecule has 0 spiro atoms. The summed E-state index contributed by atoms with van der Waals surface area (Å²) < 4.78 is 2.07. The molecule has 0 aliphatic carbocycles. The highest BCUT2D eigenvalue weighted by molar-refractivity contribution is 5.94. The van der Waals surface area contributed by atoms with Gasteiger partial charge in [0, 0.05) is 37.1 Å². The fourth-order valence-corrected chi connectivity index (χ4v) is 4.45. The highest BCUT2D eigenvalue weighted by atomic mass is 16.2. The maximum Gasteiger partial charge on any atom is 0.321 e. The van der Waals surface area contributed by atoms with Crippen LogP contribution in [0.3, 0.4) is 0 Å². The average Bonchev–Trinajstić information content (AvgIpc) is 3.21. The van der Waals surface area contributed by atoms with Crippen LogP contribution in [0.25, 0.3) is 22.4 Å². The number of fused-ring (bicyclic) bond motifs is 1. The first-order chi connectivity index (χ1) is 16.6. The molecule has 0 bridgehead atoms. The zero-order valence-electron chi connectivity index (χ0n) is 19.1. The average molecular weight is 454 g/mol. The number of anilines is 2. The van der Waals surface area contributed by atoms with Crippen LogP contribution in [0.2, 0.25) is 0 Å². The Balaban J connectivity index is 1.22. The number of hydrogen-bond donors (Lipinski definition) is 2. The summed E-state index contributed by atoms with van der Waals surface area (Å²) in [5.41, 5.74) is 4.50. The van der Waals surface area contributed by atoms with Crippen molar-refractivity contribution in [1.29, 1.82) is 0 Å². The molecular weight excluding hydrogens is 426 g/mol. The normalized spacial score (nSPS) is 15.8. The van der Waals surface area contributed by atoms with Gasteiger partial charge in [-0.1, -0.05) is 30.3 Å². The first-order valence-electron chi connectivity index (χ1n) is 11.5. The molecular formula is C27H27N5O2. The Labute approximate surface area is 198 Å². The van der Waals surface area contributed by atoms with Crippen LogP contribution in [0.4, 0.5) is 16.2 Å². The molecule has 1 saturated heterocycles. The summed E-state index contributed by atoms with van der Waals surface area (Å²) in [6.45, 7) is 1.05. The van der Waals surface area contributed by atoms with Gasteiger partial charge >= 0.3 is 6.03 Å². The van der Waals surface area contributed by atoms with Crippen molar-refractivity contribution in [2.45, 2.75) is 12.8 Å². The van der Waals surface area contributed by atoms with Gasteiger partial charge in [-0.2, -0.15) is 0 Å². The highest BCUT2D eigenvalue weighted by Gasteiger charge is 2.28. The van der Waals surface area contributed by atoms with Crippen molar-refractivity contribution in [2.24, 2.45) is 13.0 Å². The maximum atomic E-state index is 12.9. The molecule has 5 rings (SSSR count). The molecule has 2 N–H and O–H groups in total. The standard InChI is InChI=1S/C27H27N5O2/c1-31-24-12-6-5-11-23(24)30-25(31)19-13-15-22(16-14-19)28-26(33)20-8-7-17-32(18-20)27(34)29-21-9-3-2-4-10-21/h2-6,9-16,20H,7-8,17-18H2,1H3,(H,28,33)(H,29,34). The second-order valence-corrected chi connectivity index (χ2v) is 8.63. The largest absolute Gasteiger partial charge is 0.327 e. The quantitative estimate of drug-likeness (QED) is 0.450. The number of urea groups is 1. The summed E-state index contributed by atoms with van der Waals surface area (Å²) in [6.07, 6.45) is 1.56. The van der Waals surface area contributed by atoms with Gasteiger partial charge in [-0.25, -0.2) is 9.78 Å². The molecule has 1 unspecified atom stereocenters. The topological polar surface area (TPSA) is 79.3 Å². The molecule has 1 aliphatic rings. The Morgan fingerprint density at radius 1 is 0.882 bits per heavy atom.